The Morgan fingerprint density at radius 2 is 2.00 bits per heavy atom. The molecule has 1 fully saturated rings. The van der Waals surface area contributed by atoms with Gasteiger partial charge in [0.1, 0.15) is 0 Å². The van der Waals surface area contributed by atoms with Crippen molar-refractivity contribution in [2.45, 2.75) is 85.2 Å². The van der Waals surface area contributed by atoms with E-state index in [9.17, 15) is 0 Å². The van der Waals surface area contributed by atoms with Crippen LogP contribution < -0.4 is 11.1 Å². The molecule has 0 aromatic carbocycles. The third-order valence-corrected chi connectivity index (χ3v) is 4.35. The van der Waals surface area contributed by atoms with Gasteiger partial charge in [0.25, 0.3) is 0 Å². The van der Waals surface area contributed by atoms with Gasteiger partial charge in [-0.1, -0.05) is 40.5 Å². The summed E-state index contributed by atoms with van der Waals surface area (Å²) in [4.78, 5) is 0. The van der Waals surface area contributed by atoms with Crippen molar-refractivity contribution in [2.24, 2.45) is 17.1 Å². The van der Waals surface area contributed by atoms with Crippen molar-refractivity contribution in [2.75, 3.05) is 13.2 Å². The summed E-state index contributed by atoms with van der Waals surface area (Å²) in [7, 11) is 0. The van der Waals surface area contributed by atoms with E-state index < -0.39 is 0 Å². The second-order valence-electron chi connectivity index (χ2n) is 7.36. The lowest BCUT2D eigenvalue weighted by molar-refractivity contribution is 0.206. The van der Waals surface area contributed by atoms with Gasteiger partial charge in [-0.25, -0.2) is 0 Å². The lowest BCUT2D eigenvalue weighted by Gasteiger charge is -2.27. The van der Waals surface area contributed by atoms with Gasteiger partial charge in [0.05, 0.1) is 0 Å². The second kappa shape index (κ2) is 10.6. The molecule has 1 rings (SSSR count). The first-order valence-electron chi connectivity index (χ1n) is 8.40. The van der Waals surface area contributed by atoms with Gasteiger partial charge in [0.15, 0.2) is 0 Å². The number of hydrogen-bond acceptors (Lipinski definition) is 3. The zero-order valence-electron chi connectivity index (χ0n) is 14.4. The van der Waals surface area contributed by atoms with E-state index in [1.807, 2.05) is 6.92 Å². The van der Waals surface area contributed by atoms with Crippen LogP contribution in [0, 0.1) is 11.3 Å². The van der Waals surface area contributed by atoms with Gasteiger partial charge in [-0.3, -0.25) is 0 Å². The quantitative estimate of drug-likeness (QED) is 0.702. The molecule has 3 nitrogen and oxygen atoms in total. The lowest BCUT2D eigenvalue weighted by Crippen LogP contribution is -2.30. The molecule has 1 aliphatic rings. The van der Waals surface area contributed by atoms with Crippen LogP contribution in [0.25, 0.3) is 0 Å². The van der Waals surface area contributed by atoms with E-state index in [0.29, 0.717) is 11.3 Å². The Morgan fingerprint density at radius 1 is 1.35 bits per heavy atom. The van der Waals surface area contributed by atoms with Crippen LogP contribution in [-0.2, 0) is 0 Å². The van der Waals surface area contributed by atoms with Gasteiger partial charge in [-0.15, -0.1) is 0 Å². The molecule has 0 amide bonds. The standard InChI is InChI=1S/C11H25NO.C6H13N/c1-5-11(3,4)7-10(12)6-9(2)8-13;1-6-4-2-3-5-7-6/h9-10,13H,5-8,12H2,1-4H3;6-7H,2-5H2,1H3. The molecule has 3 unspecified atom stereocenters. The summed E-state index contributed by atoms with van der Waals surface area (Å²) in [5.41, 5.74) is 6.34. The summed E-state index contributed by atoms with van der Waals surface area (Å²) in [6, 6.07) is 1.02. The molecule has 20 heavy (non-hydrogen) atoms. The molecule has 3 atom stereocenters. The molecule has 0 radical (unpaired) electrons. The van der Waals surface area contributed by atoms with Gasteiger partial charge < -0.3 is 16.2 Å². The van der Waals surface area contributed by atoms with Crippen molar-refractivity contribution in [3.8, 4) is 0 Å². The average molecular weight is 287 g/mol. The average Bonchev–Trinajstić information content (AvgIpc) is 2.39. The molecule has 1 saturated heterocycles. The Balaban J connectivity index is 0.000000428. The van der Waals surface area contributed by atoms with Crippen LogP contribution in [0.2, 0.25) is 0 Å². The maximum atomic E-state index is 8.88. The summed E-state index contributed by atoms with van der Waals surface area (Å²) in [5, 5.41) is 12.3. The van der Waals surface area contributed by atoms with Crippen LogP contribution in [0.3, 0.4) is 0 Å². The Kier molecular flexibility index (Phi) is 10.5. The molecule has 0 aromatic rings. The number of nitrogens with one attached hydrogen (secondary N) is 1. The van der Waals surface area contributed by atoms with E-state index in [4.69, 9.17) is 10.8 Å². The Bertz CT molecular complexity index is 225. The zero-order chi connectivity index (χ0) is 15.6. The van der Waals surface area contributed by atoms with Crippen LogP contribution in [0.5, 0.6) is 0 Å². The molecule has 122 valence electrons. The normalized spacial score (nSPS) is 22.6. The lowest BCUT2D eigenvalue weighted by atomic mass is 9.81. The van der Waals surface area contributed by atoms with Crippen LogP contribution >= 0.6 is 0 Å². The molecule has 0 spiro atoms. The highest BCUT2D eigenvalue weighted by Crippen LogP contribution is 2.27. The Labute approximate surface area is 126 Å². The largest absolute Gasteiger partial charge is 0.396 e. The molecule has 3 heteroatoms. The van der Waals surface area contributed by atoms with E-state index in [1.54, 1.807) is 0 Å². The van der Waals surface area contributed by atoms with Crippen LogP contribution in [-0.4, -0.2) is 30.3 Å². The van der Waals surface area contributed by atoms with Crippen LogP contribution in [0.4, 0.5) is 0 Å². The topological polar surface area (TPSA) is 58.3 Å². The zero-order valence-corrected chi connectivity index (χ0v) is 14.4. The molecule has 4 N–H and O–H groups in total. The summed E-state index contributed by atoms with van der Waals surface area (Å²) in [6.45, 7) is 12.5. The Hall–Kier alpha value is -0.120. The monoisotopic (exact) mass is 286 g/mol. The predicted octanol–water partition coefficient (Wildman–Crippen LogP) is 3.31. The molecule has 0 aliphatic carbocycles. The summed E-state index contributed by atoms with van der Waals surface area (Å²) >= 11 is 0. The predicted molar refractivity (Wildman–Crippen MR) is 88.8 cm³/mol. The number of hydrogen-bond donors (Lipinski definition) is 3. The van der Waals surface area contributed by atoms with Gasteiger partial charge in [-0.2, -0.15) is 0 Å². The molecule has 1 heterocycles. The van der Waals surface area contributed by atoms with Crippen LogP contribution in [0.15, 0.2) is 0 Å². The van der Waals surface area contributed by atoms with Crippen molar-refractivity contribution in [1.82, 2.24) is 5.32 Å². The van der Waals surface area contributed by atoms with Crippen molar-refractivity contribution in [1.29, 1.82) is 0 Å². The smallest absolute Gasteiger partial charge is 0.0457 e. The highest BCUT2D eigenvalue weighted by Gasteiger charge is 2.20. The van der Waals surface area contributed by atoms with E-state index in [2.05, 4.69) is 33.0 Å². The van der Waals surface area contributed by atoms with Crippen molar-refractivity contribution < 1.29 is 5.11 Å². The molecule has 0 bridgehead atoms. The van der Waals surface area contributed by atoms with Gasteiger partial charge in [-0.05, 0) is 50.5 Å². The van der Waals surface area contributed by atoms with E-state index in [0.717, 1.165) is 25.3 Å². The highest BCUT2D eigenvalue weighted by molar-refractivity contribution is 4.75. The molecule has 1 aliphatic heterocycles. The molecule has 0 aromatic heterocycles. The fourth-order valence-electron chi connectivity index (χ4n) is 2.55. The van der Waals surface area contributed by atoms with E-state index in [1.165, 1.54) is 25.8 Å². The maximum absolute atomic E-state index is 8.88. The molecular weight excluding hydrogens is 248 g/mol. The molecular formula is C17H38N2O. The number of piperidine rings is 1. The first kappa shape index (κ1) is 19.9. The summed E-state index contributed by atoms with van der Waals surface area (Å²) in [5.74, 6) is 0.336. The first-order chi connectivity index (χ1) is 9.30. The van der Waals surface area contributed by atoms with Gasteiger partial charge in [0, 0.05) is 18.7 Å². The van der Waals surface area contributed by atoms with Crippen LogP contribution in [0.1, 0.15) is 73.1 Å². The third-order valence-electron chi connectivity index (χ3n) is 4.35. The number of aliphatic hydroxyl groups excluding tert-OH is 1. The highest BCUT2D eigenvalue weighted by atomic mass is 16.3. The minimum Gasteiger partial charge on any atom is -0.396 e. The minimum atomic E-state index is 0.233. The van der Waals surface area contributed by atoms with Gasteiger partial charge in [0.2, 0.25) is 0 Å². The SMILES string of the molecule is CC1CCCCN1.CCC(C)(C)CC(N)CC(C)CO. The van der Waals surface area contributed by atoms with E-state index in [-0.39, 0.29) is 12.6 Å². The first-order valence-corrected chi connectivity index (χ1v) is 8.40. The second-order valence-corrected chi connectivity index (χ2v) is 7.36. The van der Waals surface area contributed by atoms with Crippen molar-refractivity contribution in [3.63, 3.8) is 0 Å². The number of aliphatic hydroxyl groups is 1. The van der Waals surface area contributed by atoms with Gasteiger partial charge >= 0.3 is 0 Å². The van der Waals surface area contributed by atoms with Crippen molar-refractivity contribution in [3.05, 3.63) is 0 Å². The molecule has 0 saturated carbocycles. The van der Waals surface area contributed by atoms with E-state index >= 15 is 0 Å². The Morgan fingerprint density at radius 3 is 2.35 bits per heavy atom. The maximum Gasteiger partial charge on any atom is 0.0457 e. The fourth-order valence-corrected chi connectivity index (χ4v) is 2.55. The summed E-state index contributed by atoms with van der Waals surface area (Å²) < 4.78 is 0. The summed E-state index contributed by atoms with van der Waals surface area (Å²) in [6.07, 6.45) is 7.32. The third kappa shape index (κ3) is 10.6. The fraction of sp³-hybridized carbons (Fsp3) is 1.00. The number of rotatable bonds is 6. The minimum absolute atomic E-state index is 0.233. The number of nitrogens with two attached hydrogens (primary N) is 1. The van der Waals surface area contributed by atoms with Crippen molar-refractivity contribution >= 4 is 0 Å².